The summed E-state index contributed by atoms with van der Waals surface area (Å²) in [4.78, 5) is 2.58. The maximum absolute atomic E-state index is 2.58. The Morgan fingerprint density at radius 1 is 0.371 bits per heavy atom. The average Bonchev–Trinajstić information content (AvgIpc) is 3.53. The summed E-state index contributed by atoms with van der Waals surface area (Å²) >= 11 is 0. The number of nitrogens with zero attached hydrogens (tertiary/aromatic N) is 1. The second-order valence-corrected chi connectivity index (χ2v) is 20.3. The Labute approximate surface area is 367 Å². The molecule has 0 unspecified atom stereocenters. The lowest BCUT2D eigenvalue weighted by Gasteiger charge is -2.46. The Balaban J connectivity index is 1.13. The molecule has 5 aliphatic rings. The molecule has 0 N–H and O–H groups in total. The molecule has 0 aromatic heterocycles. The van der Waals surface area contributed by atoms with Crippen molar-refractivity contribution in [2.45, 2.75) is 82.5 Å². The molecule has 2 bridgehead atoms. The molecule has 1 nitrogen and oxygen atoms in total. The highest BCUT2D eigenvalue weighted by Crippen LogP contribution is 2.62. The number of benzene rings is 8. The third-order valence-corrected chi connectivity index (χ3v) is 15.5. The first-order valence-electron chi connectivity index (χ1n) is 22.7. The van der Waals surface area contributed by atoms with E-state index in [1.54, 1.807) is 0 Å². The molecule has 302 valence electrons. The molecule has 8 aromatic carbocycles. The predicted molar refractivity (Wildman–Crippen MR) is 260 cm³/mol. The molecule has 0 radical (unpaired) electrons. The van der Waals surface area contributed by atoms with Gasteiger partial charge >= 0.3 is 0 Å². The zero-order valence-electron chi connectivity index (χ0n) is 36.8. The van der Waals surface area contributed by atoms with Gasteiger partial charge in [-0.15, -0.1) is 0 Å². The second kappa shape index (κ2) is 13.3. The Morgan fingerprint density at radius 2 is 0.887 bits per heavy atom. The monoisotopic (exact) mass is 799 g/mol. The standard InChI is InChI=1S/C61H53N/c1-59(2)34-35-60(3,4)53-36-40(26-32-51(53)59)43-31-33-54(58-56-48-21-12-10-19-46(48)55(57(43)58)47-20-11-13-22-49(47)56)62(41-27-24-39(25-28-41)38-16-8-7-9-17-38)42-29-30-45-44-18-14-15-23-50(44)61(5,6)52(45)37-42/h7-33,36-37,55-56H,34-35H2,1-6H3. The van der Waals surface area contributed by atoms with E-state index >= 15 is 0 Å². The molecular weight excluding hydrogens is 747 g/mol. The van der Waals surface area contributed by atoms with Crippen LogP contribution in [0.1, 0.15) is 122 Å². The summed E-state index contributed by atoms with van der Waals surface area (Å²) < 4.78 is 0. The number of hydrogen-bond donors (Lipinski definition) is 0. The molecular formula is C61H53N. The molecule has 0 fully saturated rings. The molecule has 5 aliphatic carbocycles. The summed E-state index contributed by atoms with van der Waals surface area (Å²) in [5.74, 6) is 0.208. The van der Waals surface area contributed by atoms with Crippen molar-refractivity contribution in [1.82, 2.24) is 0 Å². The normalized spacial score (nSPS) is 18.7. The Kier molecular flexibility index (Phi) is 8.00. The Morgan fingerprint density at radius 3 is 1.56 bits per heavy atom. The van der Waals surface area contributed by atoms with Gasteiger partial charge in [-0.05, 0) is 143 Å². The summed E-state index contributed by atoms with van der Waals surface area (Å²) in [5, 5.41) is 0. The van der Waals surface area contributed by atoms with Crippen LogP contribution in [0.25, 0.3) is 33.4 Å². The highest BCUT2D eigenvalue weighted by Gasteiger charge is 2.45. The fraction of sp³-hybridized carbons (Fsp3) is 0.213. The van der Waals surface area contributed by atoms with Gasteiger partial charge in [0, 0.05) is 28.6 Å². The fourth-order valence-corrected chi connectivity index (χ4v) is 12.2. The zero-order valence-corrected chi connectivity index (χ0v) is 36.8. The number of rotatable bonds is 5. The van der Waals surface area contributed by atoms with Crippen molar-refractivity contribution < 1.29 is 0 Å². The predicted octanol–water partition coefficient (Wildman–Crippen LogP) is 16.1. The average molecular weight is 800 g/mol. The van der Waals surface area contributed by atoms with Crippen LogP contribution >= 0.6 is 0 Å². The van der Waals surface area contributed by atoms with Crippen LogP contribution in [0.5, 0.6) is 0 Å². The molecule has 0 saturated carbocycles. The summed E-state index contributed by atoms with van der Waals surface area (Å²) in [5.41, 5.74) is 26.0. The molecule has 62 heavy (non-hydrogen) atoms. The maximum Gasteiger partial charge on any atom is 0.0506 e. The van der Waals surface area contributed by atoms with Crippen LogP contribution in [0.4, 0.5) is 17.1 Å². The lowest BCUT2D eigenvalue weighted by molar-refractivity contribution is 0.332. The van der Waals surface area contributed by atoms with Crippen LogP contribution < -0.4 is 4.90 Å². The van der Waals surface area contributed by atoms with Crippen LogP contribution in [0.2, 0.25) is 0 Å². The highest BCUT2D eigenvalue weighted by molar-refractivity contribution is 5.91. The van der Waals surface area contributed by atoms with E-state index in [9.17, 15) is 0 Å². The minimum Gasteiger partial charge on any atom is -0.310 e. The van der Waals surface area contributed by atoms with Crippen molar-refractivity contribution in [3.05, 3.63) is 232 Å². The van der Waals surface area contributed by atoms with Gasteiger partial charge in [0.25, 0.3) is 0 Å². The van der Waals surface area contributed by atoms with E-state index in [-0.39, 0.29) is 28.1 Å². The summed E-state index contributed by atoms with van der Waals surface area (Å²) in [6.45, 7) is 14.6. The summed E-state index contributed by atoms with van der Waals surface area (Å²) in [6.07, 6.45) is 2.40. The minimum atomic E-state index is -0.125. The third kappa shape index (κ3) is 5.33. The molecule has 1 heteroatoms. The van der Waals surface area contributed by atoms with Gasteiger partial charge in [-0.1, -0.05) is 187 Å². The van der Waals surface area contributed by atoms with Gasteiger partial charge in [-0.3, -0.25) is 0 Å². The zero-order chi connectivity index (χ0) is 42.1. The van der Waals surface area contributed by atoms with Crippen LogP contribution in [0.3, 0.4) is 0 Å². The Hall–Kier alpha value is -6.44. The van der Waals surface area contributed by atoms with Crippen LogP contribution in [-0.4, -0.2) is 0 Å². The summed E-state index contributed by atoms with van der Waals surface area (Å²) in [7, 11) is 0. The highest BCUT2D eigenvalue weighted by atomic mass is 15.1. The second-order valence-electron chi connectivity index (χ2n) is 20.3. The molecule has 0 amide bonds. The lowest BCUT2D eigenvalue weighted by Crippen LogP contribution is -2.33. The number of fused-ring (bicyclic) bond motifs is 4. The van der Waals surface area contributed by atoms with Crippen LogP contribution in [0, 0.1) is 0 Å². The largest absolute Gasteiger partial charge is 0.310 e. The first-order valence-corrected chi connectivity index (χ1v) is 22.7. The molecule has 0 spiro atoms. The van der Waals surface area contributed by atoms with Crippen molar-refractivity contribution in [2.75, 3.05) is 4.90 Å². The third-order valence-electron chi connectivity index (χ3n) is 15.5. The fourth-order valence-electron chi connectivity index (χ4n) is 12.2. The van der Waals surface area contributed by atoms with Gasteiger partial charge in [0.15, 0.2) is 0 Å². The van der Waals surface area contributed by atoms with E-state index in [0.717, 1.165) is 5.69 Å². The number of anilines is 3. The van der Waals surface area contributed by atoms with E-state index in [1.165, 1.54) is 113 Å². The van der Waals surface area contributed by atoms with E-state index in [1.807, 2.05) is 0 Å². The lowest BCUT2D eigenvalue weighted by atomic mass is 9.59. The van der Waals surface area contributed by atoms with E-state index < -0.39 is 0 Å². The molecule has 0 aliphatic heterocycles. The first-order chi connectivity index (χ1) is 30.0. The maximum atomic E-state index is 2.58. The smallest absolute Gasteiger partial charge is 0.0506 e. The Bertz CT molecular complexity index is 3060. The van der Waals surface area contributed by atoms with E-state index in [0.29, 0.717) is 0 Å². The van der Waals surface area contributed by atoms with Crippen molar-refractivity contribution >= 4 is 17.1 Å². The SMILES string of the molecule is CC1(C)CCC(C)(C)c2cc(-c3ccc(N(c4ccc(-c5ccccc5)cc4)c4ccc5c(c4)C(C)(C)c4ccccc4-5)c4c3C3c5ccccc5C4c4ccccc43)ccc21. The van der Waals surface area contributed by atoms with Gasteiger partial charge in [0.2, 0.25) is 0 Å². The van der Waals surface area contributed by atoms with Crippen molar-refractivity contribution in [2.24, 2.45) is 0 Å². The van der Waals surface area contributed by atoms with Gasteiger partial charge in [0.05, 0.1) is 5.69 Å². The van der Waals surface area contributed by atoms with Crippen molar-refractivity contribution in [3.8, 4) is 33.4 Å². The minimum absolute atomic E-state index is 0.0894. The van der Waals surface area contributed by atoms with Crippen LogP contribution in [-0.2, 0) is 16.2 Å². The van der Waals surface area contributed by atoms with E-state index in [4.69, 9.17) is 0 Å². The van der Waals surface area contributed by atoms with Gasteiger partial charge in [-0.25, -0.2) is 0 Å². The topological polar surface area (TPSA) is 3.24 Å². The molecule has 8 aromatic rings. The van der Waals surface area contributed by atoms with Crippen molar-refractivity contribution in [3.63, 3.8) is 0 Å². The van der Waals surface area contributed by atoms with Gasteiger partial charge in [0.1, 0.15) is 0 Å². The molecule has 0 atom stereocenters. The first kappa shape index (κ1) is 37.3. The number of hydrogen-bond acceptors (Lipinski definition) is 1. The summed E-state index contributed by atoms with van der Waals surface area (Å²) in [6, 6.07) is 67.3. The van der Waals surface area contributed by atoms with Gasteiger partial charge in [-0.2, -0.15) is 0 Å². The molecule has 0 heterocycles. The quantitative estimate of drug-likeness (QED) is 0.168. The van der Waals surface area contributed by atoms with E-state index in [2.05, 4.69) is 222 Å². The van der Waals surface area contributed by atoms with Crippen LogP contribution in [0.15, 0.2) is 176 Å². The van der Waals surface area contributed by atoms with Gasteiger partial charge < -0.3 is 4.90 Å². The molecule has 13 rings (SSSR count). The van der Waals surface area contributed by atoms with Crippen molar-refractivity contribution in [1.29, 1.82) is 0 Å². The molecule has 0 saturated heterocycles.